The molecule has 23 heavy (non-hydrogen) atoms. The van der Waals surface area contributed by atoms with Gasteiger partial charge < -0.3 is 14.2 Å². The molecule has 0 aliphatic rings. The maximum Gasteiger partial charge on any atom is 0.414 e. The molecule has 0 aliphatic carbocycles. The van der Waals surface area contributed by atoms with Gasteiger partial charge in [-0.1, -0.05) is 0 Å². The maximum atomic E-state index is 11.5. The van der Waals surface area contributed by atoms with E-state index in [1.807, 2.05) is 18.2 Å². The number of nitrogens with zero attached hydrogens (tertiary/aromatic N) is 2. The summed E-state index contributed by atoms with van der Waals surface area (Å²) in [6.45, 7) is 0. The number of rotatable bonds is 3. The summed E-state index contributed by atoms with van der Waals surface area (Å²) in [5.74, 6) is 0.606. The molecule has 0 atom stereocenters. The van der Waals surface area contributed by atoms with Crippen LogP contribution in [0.1, 0.15) is 0 Å². The number of quaternary nitrogens is 1. The van der Waals surface area contributed by atoms with Crippen LogP contribution < -0.4 is 9.22 Å². The third-order valence-corrected chi connectivity index (χ3v) is 3.76. The van der Waals surface area contributed by atoms with Gasteiger partial charge in [0.15, 0.2) is 5.75 Å². The Morgan fingerprint density at radius 3 is 2.09 bits per heavy atom. The minimum atomic E-state index is -4.41. The minimum absolute atomic E-state index is 0.360. The first-order chi connectivity index (χ1) is 10.3. The van der Waals surface area contributed by atoms with Crippen molar-refractivity contribution < 1.29 is 26.7 Å². The van der Waals surface area contributed by atoms with E-state index in [1.165, 1.54) is 4.90 Å². The number of carbonyl (C=O) groups is 1. The summed E-state index contributed by atoms with van der Waals surface area (Å²) in [5, 5.41) is 0. The van der Waals surface area contributed by atoms with Crippen LogP contribution in [0.5, 0.6) is 5.75 Å². The van der Waals surface area contributed by atoms with E-state index in [1.54, 1.807) is 14.1 Å². The average molecular weight is 460 g/mol. The molecule has 0 bridgehead atoms. The van der Waals surface area contributed by atoms with Gasteiger partial charge in [-0.05, 0) is 28.7 Å². The number of amides is 1. The number of carbonyl (C=O) groups excluding carboxylic acids is 1. The molecule has 1 aromatic carbocycles. The van der Waals surface area contributed by atoms with E-state index in [2.05, 4.69) is 47.9 Å². The summed E-state index contributed by atoms with van der Waals surface area (Å²) in [5.41, 5.74) is 1.09. The SMILES string of the molecule is CN(C)C(=O)Oc1cc([N+](C)(C)C)ccc1I.COS(=O)(=O)[O-]. The van der Waals surface area contributed by atoms with E-state index in [4.69, 9.17) is 4.74 Å². The van der Waals surface area contributed by atoms with Crippen LogP contribution in [0, 0.1) is 3.57 Å². The topological polar surface area (TPSA) is 96.0 Å². The monoisotopic (exact) mass is 460 g/mol. The molecule has 0 aromatic heterocycles. The lowest BCUT2D eigenvalue weighted by atomic mass is 10.2. The van der Waals surface area contributed by atoms with E-state index < -0.39 is 10.4 Å². The van der Waals surface area contributed by atoms with E-state index in [9.17, 15) is 17.8 Å². The van der Waals surface area contributed by atoms with Crippen LogP contribution >= 0.6 is 22.6 Å². The predicted octanol–water partition coefficient (Wildman–Crippen LogP) is 1.64. The minimum Gasteiger partial charge on any atom is -0.726 e. The first kappa shape index (κ1) is 22.1. The van der Waals surface area contributed by atoms with E-state index in [0.717, 1.165) is 16.4 Å². The summed E-state index contributed by atoms with van der Waals surface area (Å²) in [6.07, 6.45) is -0.360. The molecule has 132 valence electrons. The van der Waals surface area contributed by atoms with Gasteiger partial charge in [-0.2, -0.15) is 0 Å². The molecule has 1 amide bonds. The fourth-order valence-electron chi connectivity index (χ4n) is 1.17. The largest absolute Gasteiger partial charge is 0.726 e. The molecule has 0 radical (unpaired) electrons. The summed E-state index contributed by atoms with van der Waals surface area (Å²) >= 11 is 2.16. The van der Waals surface area contributed by atoms with Gasteiger partial charge in [0.2, 0.25) is 10.4 Å². The van der Waals surface area contributed by atoms with Gasteiger partial charge in [0.05, 0.1) is 31.8 Å². The predicted molar refractivity (Wildman–Crippen MR) is 95.1 cm³/mol. The Kier molecular flexibility index (Phi) is 8.41. The van der Waals surface area contributed by atoms with Gasteiger partial charge in [-0.15, -0.1) is 0 Å². The molecule has 0 N–H and O–H groups in total. The van der Waals surface area contributed by atoms with Crippen molar-refractivity contribution in [2.24, 2.45) is 0 Å². The van der Waals surface area contributed by atoms with Crippen LogP contribution in [0.4, 0.5) is 10.5 Å². The highest BCUT2D eigenvalue weighted by Gasteiger charge is 2.17. The van der Waals surface area contributed by atoms with Gasteiger partial charge in [0.25, 0.3) is 0 Å². The van der Waals surface area contributed by atoms with Crippen molar-refractivity contribution in [2.45, 2.75) is 0 Å². The van der Waals surface area contributed by atoms with Crippen molar-refractivity contribution in [3.63, 3.8) is 0 Å². The highest BCUT2D eigenvalue weighted by molar-refractivity contribution is 14.1. The molecule has 0 aliphatic heterocycles. The molecule has 0 fully saturated rings. The molecule has 8 nitrogen and oxygen atoms in total. The highest BCUT2D eigenvalue weighted by Crippen LogP contribution is 2.28. The smallest absolute Gasteiger partial charge is 0.414 e. The fraction of sp³-hybridized carbons (Fsp3) is 0.462. The normalized spacial score (nSPS) is 11.3. The number of hydrogen-bond donors (Lipinski definition) is 0. The Labute approximate surface area is 150 Å². The molecule has 10 heteroatoms. The van der Waals surface area contributed by atoms with Gasteiger partial charge in [-0.3, -0.25) is 8.67 Å². The Morgan fingerprint density at radius 1 is 1.26 bits per heavy atom. The second-order valence-corrected chi connectivity index (χ2v) is 7.78. The number of halogens is 1. The number of ether oxygens (including phenoxy) is 1. The fourth-order valence-corrected chi connectivity index (χ4v) is 1.62. The van der Waals surface area contributed by atoms with Gasteiger partial charge in [0, 0.05) is 26.2 Å². The molecule has 1 aromatic rings. The molecule has 0 saturated heterocycles. The zero-order chi connectivity index (χ0) is 18.4. The van der Waals surface area contributed by atoms with Crippen LogP contribution in [-0.2, 0) is 14.6 Å². The standard InChI is InChI=1S/C12H18IN2O2.CH4O4S/c1-14(2)12(16)17-11-8-9(15(3,4)5)6-7-10(11)13;1-5-6(2,3)4/h6-8H,1-5H3;1H3,(H,2,3,4)/q+1;/p-1. The van der Waals surface area contributed by atoms with Crippen molar-refractivity contribution in [1.29, 1.82) is 0 Å². The van der Waals surface area contributed by atoms with Gasteiger partial charge in [0.1, 0.15) is 5.69 Å². The van der Waals surface area contributed by atoms with Crippen LogP contribution in [-0.4, -0.2) is 66.3 Å². The third kappa shape index (κ3) is 9.05. The quantitative estimate of drug-likeness (QED) is 0.295. The Bertz CT molecular complexity index is 640. The zero-order valence-corrected chi connectivity index (χ0v) is 16.8. The van der Waals surface area contributed by atoms with Gasteiger partial charge in [-0.25, -0.2) is 13.2 Å². The Hall–Kier alpha value is -0.950. The summed E-state index contributed by atoms with van der Waals surface area (Å²) in [6, 6.07) is 5.90. The molecule has 0 saturated carbocycles. The van der Waals surface area contributed by atoms with E-state index in [-0.39, 0.29) is 6.09 Å². The second kappa shape index (κ2) is 8.78. The molecular weight excluding hydrogens is 439 g/mol. The first-order valence-electron chi connectivity index (χ1n) is 6.30. The molecule has 1 rings (SSSR count). The lowest BCUT2D eigenvalue weighted by Crippen LogP contribution is -2.34. The van der Waals surface area contributed by atoms with E-state index >= 15 is 0 Å². The Balaban J connectivity index is 0.000000688. The summed E-state index contributed by atoms with van der Waals surface area (Å²) in [7, 11) is 5.93. The van der Waals surface area contributed by atoms with Crippen molar-refractivity contribution in [3.05, 3.63) is 21.8 Å². The maximum absolute atomic E-state index is 11.5. The first-order valence-corrected chi connectivity index (χ1v) is 8.71. The average Bonchev–Trinajstić information content (AvgIpc) is 2.39. The van der Waals surface area contributed by atoms with Crippen LogP contribution in [0.3, 0.4) is 0 Å². The van der Waals surface area contributed by atoms with Crippen LogP contribution in [0.15, 0.2) is 18.2 Å². The summed E-state index contributed by atoms with van der Waals surface area (Å²) < 4.78 is 37.9. The lowest BCUT2D eigenvalue weighted by Gasteiger charge is -2.24. The van der Waals surface area contributed by atoms with E-state index in [0.29, 0.717) is 10.2 Å². The molecular formula is C13H21IN2O6S. The summed E-state index contributed by atoms with van der Waals surface area (Å²) in [4.78, 5) is 12.9. The molecule has 0 spiro atoms. The van der Waals surface area contributed by atoms with Crippen LogP contribution in [0.25, 0.3) is 0 Å². The molecule has 0 unspecified atom stereocenters. The number of hydrogen-bond acceptors (Lipinski definition) is 6. The van der Waals surface area contributed by atoms with Crippen molar-refractivity contribution in [3.8, 4) is 5.75 Å². The van der Waals surface area contributed by atoms with Crippen molar-refractivity contribution >= 4 is 44.8 Å². The third-order valence-electron chi connectivity index (χ3n) is 2.46. The van der Waals surface area contributed by atoms with Gasteiger partial charge >= 0.3 is 6.09 Å². The highest BCUT2D eigenvalue weighted by atomic mass is 127. The molecule has 0 heterocycles. The number of benzene rings is 1. The van der Waals surface area contributed by atoms with Crippen molar-refractivity contribution in [2.75, 3.05) is 42.3 Å². The Morgan fingerprint density at radius 2 is 1.74 bits per heavy atom. The van der Waals surface area contributed by atoms with Crippen LogP contribution in [0.2, 0.25) is 0 Å². The lowest BCUT2D eigenvalue weighted by molar-refractivity contribution is 0.171. The second-order valence-electron chi connectivity index (χ2n) is 5.46. The van der Waals surface area contributed by atoms with Crippen molar-refractivity contribution in [1.82, 2.24) is 9.38 Å². The zero-order valence-electron chi connectivity index (χ0n) is 13.9.